The van der Waals surface area contributed by atoms with Gasteiger partial charge in [-0.25, -0.2) is 9.97 Å². The van der Waals surface area contributed by atoms with E-state index in [-0.39, 0.29) is 17.2 Å². The Labute approximate surface area is 121 Å². The van der Waals surface area contributed by atoms with E-state index in [1.54, 1.807) is 6.07 Å². The topological polar surface area (TPSA) is 66.9 Å². The lowest BCUT2D eigenvalue weighted by molar-refractivity contribution is -0.118. The Bertz CT molecular complexity index is 647. The monoisotopic (exact) mass is 288 g/mol. The first-order chi connectivity index (χ1) is 9.72. The smallest absolute Gasteiger partial charge is 0.243 e. The molecular weight excluding hydrogens is 276 g/mol. The van der Waals surface area contributed by atoms with Crippen molar-refractivity contribution in [3.05, 3.63) is 52.9 Å². The maximum atomic E-state index is 12.2. The molecule has 0 fully saturated rings. The first kappa shape index (κ1) is 13.0. The third-order valence-corrected chi connectivity index (χ3v) is 3.46. The highest BCUT2D eigenvalue weighted by Gasteiger charge is 2.24. The summed E-state index contributed by atoms with van der Waals surface area (Å²) < 4.78 is 0. The summed E-state index contributed by atoms with van der Waals surface area (Å²) >= 11 is 5.69. The van der Waals surface area contributed by atoms with E-state index >= 15 is 0 Å². The molecule has 1 aromatic heterocycles. The Morgan fingerprint density at radius 3 is 2.90 bits per heavy atom. The molecule has 2 heterocycles. The van der Waals surface area contributed by atoms with Crippen LogP contribution in [0.4, 0.5) is 5.82 Å². The van der Waals surface area contributed by atoms with E-state index in [9.17, 15) is 4.79 Å². The number of anilines is 1. The van der Waals surface area contributed by atoms with Crippen LogP contribution in [-0.2, 0) is 17.8 Å². The molecule has 0 aliphatic carbocycles. The molecule has 20 heavy (non-hydrogen) atoms. The van der Waals surface area contributed by atoms with Crippen LogP contribution in [0.5, 0.6) is 0 Å². The number of hydrogen-bond donors (Lipinski definition) is 2. The van der Waals surface area contributed by atoms with Crippen molar-refractivity contribution in [2.45, 2.75) is 19.0 Å². The van der Waals surface area contributed by atoms with Crippen LogP contribution in [0, 0.1) is 0 Å². The molecule has 2 N–H and O–H groups in total. The van der Waals surface area contributed by atoms with Gasteiger partial charge in [-0.2, -0.15) is 0 Å². The zero-order valence-corrected chi connectivity index (χ0v) is 11.4. The standard InChI is InChI=1S/C14H13ClN4O/c15-14-16-6-5-12(19-14)18-13(20)11-7-9-3-1-2-4-10(9)8-17-11/h1-6,11,17H,7-8H2,(H,16,18,19,20)/t11-/m1/s1. The largest absolute Gasteiger partial charge is 0.309 e. The number of fused-ring (bicyclic) bond motifs is 1. The minimum atomic E-state index is -0.265. The van der Waals surface area contributed by atoms with E-state index < -0.39 is 0 Å². The Balaban J connectivity index is 1.70. The van der Waals surface area contributed by atoms with Crippen molar-refractivity contribution in [3.8, 4) is 0 Å². The molecule has 0 saturated carbocycles. The molecule has 0 radical (unpaired) electrons. The molecular formula is C14H13ClN4O. The normalized spacial score (nSPS) is 17.4. The van der Waals surface area contributed by atoms with Gasteiger partial charge in [0.2, 0.25) is 11.2 Å². The van der Waals surface area contributed by atoms with Crippen LogP contribution < -0.4 is 10.6 Å². The summed E-state index contributed by atoms with van der Waals surface area (Å²) in [7, 11) is 0. The molecule has 5 nitrogen and oxygen atoms in total. The summed E-state index contributed by atoms with van der Waals surface area (Å²) in [6.07, 6.45) is 2.18. The number of rotatable bonds is 2. The minimum absolute atomic E-state index is 0.116. The lowest BCUT2D eigenvalue weighted by Crippen LogP contribution is -2.44. The Morgan fingerprint density at radius 1 is 1.30 bits per heavy atom. The highest BCUT2D eigenvalue weighted by Crippen LogP contribution is 2.17. The number of nitrogens with zero attached hydrogens (tertiary/aromatic N) is 2. The summed E-state index contributed by atoms with van der Waals surface area (Å²) in [5.74, 6) is 0.296. The van der Waals surface area contributed by atoms with Crippen molar-refractivity contribution < 1.29 is 4.79 Å². The molecule has 6 heteroatoms. The molecule has 1 atom stereocenters. The summed E-state index contributed by atoms with van der Waals surface area (Å²) in [6, 6.07) is 9.46. The Hall–Kier alpha value is -1.98. The summed E-state index contributed by atoms with van der Waals surface area (Å²) in [6.45, 7) is 0.693. The highest BCUT2D eigenvalue weighted by molar-refractivity contribution is 6.28. The van der Waals surface area contributed by atoms with E-state index in [1.807, 2.05) is 12.1 Å². The Kier molecular flexibility index (Phi) is 3.62. The van der Waals surface area contributed by atoms with Crippen LogP contribution in [0.25, 0.3) is 0 Å². The molecule has 0 bridgehead atoms. The fraction of sp³-hybridized carbons (Fsp3) is 0.214. The number of halogens is 1. The molecule has 102 valence electrons. The SMILES string of the molecule is O=C(Nc1ccnc(Cl)n1)[C@H]1Cc2ccccc2CN1. The van der Waals surface area contributed by atoms with Crippen LogP contribution in [0.1, 0.15) is 11.1 Å². The number of hydrogen-bond acceptors (Lipinski definition) is 4. The quantitative estimate of drug-likeness (QED) is 0.827. The van der Waals surface area contributed by atoms with E-state index in [1.165, 1.54) is 17.3 Å². The number of carbonyl (C=O) groups excluding carboxylic acids is 1. The average molecular weight is 289 g/mol. The third kappa shape index (κ3) is 2.79. The van der Waals surface area contributed by atoms with Gasteiger partial charge in [-0.05, 0) is 35.2 Å². The summed E-state index contributed by atoms with van der Waals surface area (Å²) in [5.41, 5.74) is 2.44. The van der Waals surface area contributed by atoms with Crippen LogP contribution in [-0.4, -0.2) is 21.9 Å². The first-order valence-electron chi connectivity index (χ1n) is 6.32. The van der Waals surface area contributed by atoms with Crippen molar-refractivity contribution in [2.75, 3.05) is 5.32 Å². The van der Waals surface area contributed by atoms with Crippen molar-refractivity contribution in [1.29, 1.82) is 0 Å². The number of carbonyl (C=O) groups is 1. The van der Waals surface area contributed by atoms with Gasteiger partial charge in [-0.3, -0.25) is 4.79 Å². The van der Waals surface area contributed by atoms with Gasteiger partial charge in [0.05, 0.1) is 6.04 Å². The predicted octanol–water partition coefficient (Wildman–Crippen LogP) is 1.78. The molecule has 3 rings (SSSR count). The van der Waals surface area contributed by atoms with Crippen LogP contribution in [0.2, 0.25) is 5.28 Å². The predicted molar refractivity (Wildman–Crippen MR) is 76.4 cm³/mol. The number of amides is 1. The second-order valence-corrected chi connectivity index (χ2v) is 4.94. The second-order valence-electron chi connectivity index (χ2n) is 4.61. The van der Waals surface area contributed by atoms with Crippen molar-refractivity contribution >= 4 is 23.3 Å². The first-order valence-corrected chi connectivity index (χ1v) is 6.70. The van der Waals surface area contributed by atoms with Crippen molar-refractivity contribution in [2.24, 2.45) is 0 Å². The maximum Gasteiger partial charge on any atom is 0.243 e. The number of aromatic nitrogens is 2. The van der Waals surface area contributed by atoms with Gasteiger partial charge in [0, 0.05) is 12.7 Å². The molecule has 0 saturated heterocycles. The lowest BCUT2D eigenvalue weighted by atomic mass is 9.95. The van der Waals surface area contributed by atoms with Gasteiger partial charge in [0.1, 0.15) is 5.82 Å². The molecule has 1 aliphatic heterocycles. The van der Waals surface area contributed by atoms with E-state index in [0.29, 0.717) is 18.8 Å². The highest BCUT2D eigenvalue weighted by atomic mass is 35.5. The molecule has 1 aliphatic rings. The second kappa shape index (κ2) is 5.56. The molecule has 1 amide bonds. The molecule has 0 spiro atoms. The molecule has 1 aromatic carbocycles. The zero-order valence-electron chi connectivity index (χ0n) is 10.6. The van der Waals surface area contributed by atoms with Crippen molar-refractivity contribution in [1.82, 2.24) is 15.3 Å². The van der Waals surface area contributed by atoms with Gasteiger partial charge in [-0.1, -0.05) is 24.3 Å². The Morgan fingerprint density at radius 2 is 2.10 bits per heavy atom. The van der Waals surface area contributed by atoms with Gasteiger partial charge in [0.25, 0.3) is 0 Å². The maximum absolute atomic E-state index is 12.2. The van der Waals surface area contributed by atoms with E-state index in [4.69, 9.17) is 11.6 Å². The van der Waals surface area contributed by atoms with Gasteiger partial charge in [0.15, 0.2) is 0 Å². The lowest BCUT2D eigenvalue weighted by Gasteiger charge is -2.25. The van der Waals surface area contributed by atoms with Crippen molar-refractivity contribution in [3.63, 3.8) is 0 Å². The summed E-state index contributed by atoms with van der Waals surface area (Å²) in [4.78, 5) is 19.9. The van der Waals surface area contributed by atoms with Crippen LogP contribution >= 0.6 is 11.6 Å². The van der Waals surface area contributed by atoms with E-state index in [0.717, 1.165) is 0 Å². The van der Waals surface area contributed by atoms with Crippen LogP contribution in [0.15, 0.2) is 36.5 Å². The number of nitrogens with one attached hydrogen (secondary N) is 2. The minimum Gasteiger partial charge on any atom is -0.309 e. The van der Waals surface area contributed by atoms with Gasteiger partial charge in [-0.15, -0.1) is 0 Å². The molecule has 0 unspecified atom stereocenters. The van der Waals surface area contributed by atoms with E-state index in [2.05, 4.69) is 32.7 Å². The average Bonchev–Trinajstić information content (AvgIpc) is 2.47. The third-order valence-electron chi connectivity index (χ3n) is 3.28. The van der Waals surface area contributed by atoms with Gasteiger partial charge < -0.3 is 10.6 Å². The number of benzene rings is 1. The van der Waals surface area contributed by atoms with Gasteiger partial charge >= 0.3 is 0 Å². The fourth-order valence-electron chi connectivity index (χ4n) is 2.26. The summed E-state index contributed by atoms with van der Waals surface area (Å²) in [5, 5.41) is 6.08. The van der Waals surface area contributed by atoms with Crippen LogP contribution in [0.3, 0.4) is 0 Å². The fourth-order valence-corrected chi connectivity index (χ4v) is 2.40. The molecule has 2 aromatic rings. The zero-order chi connectivity index (χ0) is 13.9.